The van der Waals surface area contributed by atoms with Crippen LogP contribution in [0, 0.1) is 6.92 Å². The molecule has 6 nitrogen and oxygen atoms in total. The summed E-state index contributed by atoms with van der Waals surface area (Å²) in [7, 11) is 3.83. The highest BCUT2D eigenvalue weighted by atomic mass is 16.5. The quantitative estimate of drug-likeness (QED) is 0.691. The predicted molar refractivity (Wildman–Crippen MR) is 97.8 cm³/mol. The zero-order chi connectivity index (χ0) is 17.5. The van der Waals surface area contributed by atoms with Crippen LogP contribution in [0.5, 0.6) is 5.88 Å². The highest BCUT2D eigenvalue weighted by Gasteiger charge is 2.14. The third kappa shape index (κ3) is 4.29. The maximum absolute atomic E-state index is 9.00. The largest absolute Gasteiger partial charge is 0.473 e. The first-order valence-corrected chi connectivity index (χ1v) is 7.99. The van der Waals surface area contributed by atoms with Crippen molar-refractivity contribution in [2.75, 3.05) is 37.0 Å². The lowest BCUT2D eigenvalue weighted by Gasteiger charge is -2.18. The molecule has 0 aliphatic heterocycles. The van der Waals surface area contributed by atoms with Crippen LogP contribution in [0.2, 0.25) is 0 Å². The molecule has 2 rings (SSSR count). The van der Waals surface area contributed by atoms with Gasteiger partial charge in [-0.2, -0.15) is 5.10 Å². The predicted octanol–water partition coefficient (Wildman–Crippen LogP) is 2.33. The zero-order valence-corrected chi connectivity index (χ0v) is 14.6. The number of hydrogen-bond acceptors (Lipinski definition) is 5. The first-order valence-electron chi connectivity index (χ1n) is 7.99. The summed E-state index contributed by atoms with van der Waals surface area (Å²) in [4.78, 5) is 2.01. The molecule has 2 aromatic rings. The fourth-order valence-electron chi connectivity index (χ4n) is 2.51. The van der Waals surface area contributed by atoms with Crippen molar-refractivity contribution in [2.45, 2.75) is 13.5 Å². The number of aryl methyl sites for hydroxylation is 2. The molecule has 130 valence electrons. The van der Waals surface area contributed by atoms with E-state index in [0.29, 0.717) is 19.7 Å². The molecule has 1 aromatic heterocycles. The number of benzene rings is 1. The van der Waals surface area contributed by atoms with Crippen LogP contribution in [0.3, 0.4) is 0 Å². The van der Waals surface area contributed by atoms with Crippen LogP contribution in [-0.2, 0) is 13.6 Å². The molecule has 0 bridgehead atoms. The van der Waals surface area contributed by atoms with Gasteiger partial charge in [0.2, 0.25) is 5.88 Å². The molecule has 2 N–H and O–H groups in total. The van der Waals surface area contributed by atoms with Gasteiger partial charge < -0.3 is 20.1 Å². The highest BCUT2D eigenvalue weighted by molar-refractivity contribution is 5.55. The molecule has 1 heterocycles. The molecule has 24 heavy (non-hydrogen) atoms. The number of aromatic nitrogens is 2. The molecule has 0 aliphatic carbocycles. The topological polar surface area (TPSA) is 62.6 Å². The lowest BCUT2D eigenvalue weighted by molar-refractivity contribution is 0.304. The Morgan fingerprint density at radius 1 is 1.38 bits per heavy atom. The Hall–Kier alpha value is -2.47. The normalized spacial score (nSPS) is 10.5. The number of likely N-dealkylation sites (N-methyl/N-ethyl adjacent to an activating group) is 1. The van der Waals surface area contributed by atoms with Crippen molar-refractivity contribution >= 4 is 11.4 Å². The number of anilines is 2. The van der Waals surface area contributed by atoms with Gasteiger partial charge in [0.05, 0.1) is 17.9 Å². The van der Waals surface area contributed by atoms with Gasteiger partial charge in [0.15, 0.2) is 0 Å². The summed E-state index contributed by atoms with van der Waals surface area (Å²) in [5.74, 6) is 0.763. The van der Waals surface area contributed by atoms with Crippen LogP contribution in [0.25, 0.3) is 0 Å². The lowest BCUT2D eigenvalue weighted by atomic mass is 10.2. The third-order valence-electron chi connectivity index (χ3n) is 3.84. The van der Waals surface area contributed by atoms with E-state index in [1.807, 2.05) is 50.2 Å². The van der Waals surface area contributed by atoms with Gasteiger partial charge in [-0.1, -0.05) is 12.7 Å². The summed E-state index contributed by atoms with van der Waals surface area (Å²) >= 11 is 0. The SMILES string of the molecule is C=CCOc1c(CNc2ccc(N(C)CCO)cc2)c(C)nn1C. The van der Waals surface area contributed by atoms with E-state index in [-0.39, 0.29) is 6.61 Å². The minimum Gasteiger partial charge on any atom is -0.473 e. The molecule has 0 aliphatic rings. The monoisotopic (exact) mass is 330 g/mol. The van der Waals surface area contributed by atoms with Crippen molar-refractivity contribution in [2.24, 2.45) is 7.05 Å². The molecule has 0 amide bonds. The third-order valence-corrected chi connectivity index (χ3v) is 3.84. The van der Waals surface area contributed by atoms with Gasteiger partial charge in [0, 0.05) is 38.6 Å². The molecule has 0 atom stereocenters. The molecule has 0 fully saturated rings. The Labute approximate surface area is 143 Å². The Morgan fingerprint density at radius 3 is 2.71 bits per heavy atom. The van der Waals surface area contributed by atoms with Crippen LogP contribution in [0.15, 0.2) is 36.9 Å². The molecule has 0 saturated carbocycles. The molecule has 0 unspecified atom stereocenters. The van der Waals surface area contributed by atoms with E-state index in [0.717, 1.165) is 28.5 Å². The molecule has 0 saturated heterocycles. The summed E-state index contributed by atoms with van der Waals surface area (Å²) in [5.41, 5.74) is 4.08. The minimum atomic E-state index is 0.143. The Kier molecular flexibility index (Phi) is 6.26. The summed E-state index contributed by atoms with van der Waals surface area (Å²) in [5, 5.41) is 16.8. The van der Waals surface area contributed by atoms with Gasteiger partial charge in [-0.3, -0.25) is 0 Å². The number of nitrogens with one attached hydrogen (secondary N) is 1. The van der Waals surface area contributed by atoms with E-state index in [4.69, 9.17) is 9.84 Å². The van der Waals surface area contributed by atoms with Crippen LogP contribution in [0.4, 0.5) is 11.4 Å². The van der Waals surface area contributed by atoms with Gasteiger partial charge in [0.1, 0.15) is 6.61 Å². The van der Waals surface area contributed by atoms with E-state index in [1.165, 1.54) is 0 Å². The second-order valence-electron chi connectivity index (χ2n) is 5.64. The summed E-state index contributed by atoms with van der Waals surface area (Å²) in [6.45, 7) is 7.51. The highest BCUT2D eigenvalue weighted by Crippen LogP contribution is 2.23. The van der Waals surface area contributed by atoms with E-state index >= 15 is 0 Å². The molecular formula is C18H26N4O2. The summed E-state index contributed by atoms with van der Waals surface area (Å²) in [6.07, 6.45) is 1.72. The first-order chi connectivity index (χ1) is 11.6. The fourth-order valence-corrected chi connectivity index (χ4v) is 2.51. The number of nitrogens with zero attached hydrogens (tertiary/aromatic N) is 3. The van der Waals surface area contributed by atoms with Crippen LogP contribution < -0.4 is 15.0 Å². The van der Waals surface area contributed by atoms with Gasteiger partial charge in [0.25, 0.3) is 0 Å². The smallest absolute Gasteiger partial charge is 0.217 e. The molecule has 0 spiro atoms. The van der Waals surface area contributed by atoms with Crippen LogP contribution in [-0.4, -0.2) is 41.7 Å². The van der Waals surface area contributed by atoms with E-state index in [1.54, 1.807) is 10.8 Å². The fraction of sp³-hybridized carbons (Fsp3) is 0.389. The molecule has 0 radical (unpaired) electrons. The van der Waals surface area contributed by atoms with Crippen LogP contribution in [0.1, 0.15) is 11.3 Å². The Bertz CT molecular complexity index is 664. The van der Waals surface area contributed by atoms with Crippen molar-refractivity contribution < 1.29 is 9.84 Å². The van der Waals surface area contributed by atoms with Gasteiger partial charge >= 0.3 is 0 Å². The van der Waals surface area contributed by atoms with Crippen molar-refractivity contribution in [1.29, 1.82) is 0 Å². The standard InChI is InChI=1S/C18H26N4O2/c1-5-12-24-18-17(14(2)20-22(18)4)13-19-15-6-8-16(9-7-15)21(3)10-11-23/h5-9,19,23H,1,10-13H2,2-4H3. The molecule has 1 aromatic carbocycles. The Balaban J connectivity index is 2.04. The minimum absolute atomic E-state index is 0.143. The number of hydrogen-bond donors (Lipinski definition) is 2. The Morgan fingerprint density at radius 2 is 2.08 bits per heavy atom. The zero-order valence-electron chi connectivity index (χ0n) is 14.6. The van der Waals surface area contributed by atoms with Crippen molar-refractivity contribution in [3.8, 4) is 5.88 Å². The number of rotatable bonds is 9. The van der Waals surface area contributed by atoms with Gasteiger partial charge in [-0.25, -0.2) is 4.68 Å². The van der Waals surface area contributed by atoms with Crippen molar-refractivity contribution in [1.82, 2.24) is 9.78 Å². The maximum atomic E-state index is 9.00. The first kappa shape index (κ1) is 17.9. The summed E-state index contributed by atoms with van der Waals surface area (Å²) < 4.78 is 7.47. The van der Waals surface area contributed by atoms with E-state index < -0.39 is 0 Å². The van der Waals surface area contributed by atoms with E-state index in [2.05, 4.69) is 17.0 Å². The number of ether oxygens (including phenoxy) is 1. The van der Waals surface area contributed by atoms with Crippen molar-refractivity contribution in [3.05, 3.63) is 48.2 Å². The molecular weight excluding hydrogens is 304 g/mol. The number of aliphatic hydroxyl groups excluding tert-OH is 1. The number of aliphatic hydroxyl groups is 1. The van der Waals surface area contributed by atoms with Crippen LogP contribution >= 0.6 is 0 Å². The maximum Gasteiger partial charge on any atom is 0.217 e. The summed E-state index contributed by atoms with van der Waals surface area (Å²) in [6, 6.07) is 8.12. The van der Waals surface area contributed by atoms with Crippen molar-refractivity contribution in [3.63, 3.8) is 0 Å². The second-order valence-corrected chi connectivity index (χ2v) is 5.64. The van der Waals surface area contributed by atoms with E-state index in [9.17, 15) is 0 Å². The lowest BCUT2D eigenvalue weighted by Crippen LogP contribution is -2.20. The average molecular weight is 330 g/mol. The second kappa shape index (κ2) is 8.40. The average Bonchev–Trinajstić information content (AvgIpc) is 2.84. The van der Waals surface area contributed by atoms with Gasteiger partial charge in [-0.15, -0.1) is 0 Å². The van der Waals surface area contributed by atoms with Gasteiger partial charge in [-0.05, 0) is 31.2 Å². The molecule has 6 heteroatoms.